The zero-order chi connectivity index (χ0) is 37.3. The lowest BCUT2D eigenvalue weighted by Crippen LogP contribution is -2.30. The van der Waals surface area contributed by atoms with E-state index < -0.39 is 6.10 Å². The van der Waals surface area contributed by atoms with Gasteiger partial charge >= 0.3 is 17.9 Å². The normalized spacial score (nSPS) is 12.3. The molecule has 0 aliphatic heterocycles. The third-order valence-electron chi connectivity index (χ3n) is 9.22. The van der Waals surface area contributed by atoms with Gasteiger partial charge in [0.25, 0.3) is 0 Å². The first-order chi connectivity index (χ1) is 25.0. The van der Waals surface area contributed by atoms with Gasteiger partial charge in [-0.25, -0.2) is 0 Å². The highest BCUT2D eigenvalue weighted by Gasteiger charge is 2.19. The lowest BCUT2D eigenvalue weighted by molar-refractivity contribution is -0.167. The Kier molecular flexibility index (Phi) is 38.5. The molecule has 0 bridgehead atoms. The number of carbonyl (C=O) groups excluding carboxylic acids is 3. The van der Waals surface area contributed by atoms with Gasteiger partial charge in [-0.1, -0.05) is 192 Å². The summed E-state index contributed by atoms with van der Waals surface area (Å²) in [5, 5.41) is 0. The number of carbonyl (C=O) groups is 3. The second-order valence-corrected chi connectivity index (χ2v) is 14.3. The minimum atomic E-state index is -0.771. The number of rotatable bonds is 38. The summed E-state index contributed by atoms with van der Waals surface area (Å²) in [6.07, 6.45) is 44.1. The van der Waals surface area contributed by atoms with E-state index in [1.165, 1.54) is 89.9 Å². The zero-order valence-electron chi connectivity index (χ0n) is 33.6. The van der Waals surface area contributed by atoms with E-state index >= 15 is 0 Å². The van der Waals surface area contributed by atoms with E-state index in [1.807, 2.05) is 0 Å². The molecule has 0 aromatic heterocycles. The molecule has 0 heterocycles. The Morgan fingerprint density at radius 3 is 1.18 bits per heavy atom. The van der Waals surface area contributed by atoms with Crippen LogP contribution in [0.15, 0.2) is 36.5 Å². The summed E-state index contributed by atoms with van der Waals surface area (Å²) in [5.41, 5.74) is 0. The van der Waals surface area contributed by atoms with Gasteiger partial charge in [0, 0.05) is 19.3 Å². The van der Waals surface area contributed by atoms with Crippen molar-refractivity contribution < 1.29 is 28.6 Å². The lowest BCUT2D eigenvalue weighted by Gasteiger charge is -2.18. The number of allylic oxidation sites excluding steroid dienone is 6. The van der Waals surface area contributed by atoms with E-state index in [0.717, 1.165) is 83.5 Å². The summed E-state index contributed by atoms with van der Waals surface area (Å²) in [7, 11) is 0. The van der Waals surface area contributed by atoms with Gasteiger partial charge in [0.1, 0.15) is 13.2 Å². The van der Waals surface area contributed by atoms with Gasteiger partial charge in [-0.3, -0.25) is 14.4 Å². The third kappa shape index (κ3) is 38.7. The molecule has 1 atom stereocenters. The molecular formula is C45H80O6. The first-order valence-electron chi connectivity index (χ1n) is 21.5. The average Bonchev–Trinajstić information content (AvgIpc) is 3.12. The largest absolute Gasteiger partial charge is 0.462 e. The van der Waals surface area contributed by atoms with Crippen molar-refractivity contribution in [3.63, 3.8) is 0 Å². The molecule has 0 spiro atoms. The molecule has 0 N–H and O–H groups in total. The molecule has 0 saturated heterocycles. The molecule has 0 aliphatic carbocycles. The molecule has 0 aliphatic rings. The van der Waals surface area contributed by atoms with E-state index in [-0.39, 0.29) is 31.1 Å². The Morgan fingerprint density at radius 2 is 0.765 bits per heavy atom. The van der Waals surface area contributed by atoms with E-state index in [1.54, 1.807) is 0 Å². The van der Waals surface area contributed by atoms with Crippen molar-refractivity contribution in [2.45, 2.75) is 219 Å². The van der Waals surface area contributed by atoms with Gasteiger partial charge in [-0.15, -0.1) is 0 Å². The molecular weight excluding hydrogens is 636 g/mol. The van der Waals surface area contributed by atoms with E-state index in [0.29, 0.717) is 19.3 Å². The van der Waals surface area contributed by atoms with Crippen molar-refractivity contribution in [3.05, 3.63) is 36.5 Å². The monoisotopic (exact) mass is 717 g/mol. The summed E-state index contributed by atoms with van der Waals surface area (Å²) in [4.78, 5) is 37.6. The van der Waals surface area contributed by atoms with Gasteiger partial charge in [-0.05, 0) is 38.5 Å². The van der Waals surface area contributed by atoms with Crippen molar-refractivity contribution in [2.24, 2.45) is 0 Å². The van der Waals surface area contributed by atoms with Crippen LogP contribution in [0, 0.1) is 0 Å². The van der Waals surface area contributed by atoms with E-state index in [2.05, 4.69) is 57.2 Å². The minimum Gasteiger partial charge on any atom is -0.462 e. The molecule has 0 fully saturated rings. The number of unbranched alkanes of at least 4 members (excludes halogenated alkanes) is 23. The average molecular weight is 717 g/mol. The fourth-order valence-electron chi connectivity index (χ4n) is 5.97. The summed E-state index contributed by atoms with van der Waals surface area (Å²) < 4.78 is 16.6. The number of hydrogen-bond donors (Lipinski definition) is 0. The molecule has 0 aromatic carbocycles. The van der Waals surface area contributed by atoms with Crippen molar-refractivity contribution in [1.29, 1.82) is 0 Å². The predicted molar refractivity (Wildman–Crippen MR) is 215 cm³/mol. The summed E-state index contributed by atoms with van der Waals surface area (Å²) >= 11 is 0. The van der Waals surface area contributed by atoms with Crippen LogP contribution in [0.4, 0.5) is 0 Å². The highest BCUT2D eigenvalue weighted by molar-refractivity contribution is 5.71. The summed E-state index contributed by atoms with van der Waals surface area (Å²) in [5.74, 6) is -0.901. The van der Waals surface area contributed by atoms with Crippen LogP contribution >= 0.6 is 0 Å². The molecule has 0 radical (unpaired) electrons. The standard InChI is InChI=1S/C45H80O6/c1-4-7-10-13-16-19-21-22-24-26-29-32-35-38-44(47)50-41-42(40-49-43(46)37-34-31-28-25-18-15-12-9-6-3)51-45(48)39-36-33-30-27-23-20-17-14-11-8-5-2/h7,10,13,16,19,21,42H,4-6,8-9,11-12,14-15,17-18,20,22-41H2,1-3H3/b10-7-,16-13-,21-19-. The molecule has 0 saturated carbocycles. The predicted octanol–water partition coefficient (Wildman–Crippen LogP) is 13.4. The SMILES string of the molecule is CC\C=C/C=C\C=C/CCCCCCCC(=O)OCC(COC(=O)CCCCCCCCCCC)OC(=O)CCCCCCCCCCCCC. The number of esters is 3. The van der Waals surface area contributed by atoms with Crippen molar-refractivity contribution in [3.8, 4) is 0 Å². The topological polar surface area (TPSA) is 78.9 Å². The Morgan fingerprint density at radius 1 is 0.412 bits per heavy atom. The van der Waals surface area contributed by atoms with Gasteiger partial charge in [0.15, 0.2) is 6.10 Å². The van der Waals surface area contributed by atoms with E-state index in [4.69, 9.17) is 14.2 Å². The maximum Gasteiger partial charge on any atom is 0.306 e. The first kappa shape index (κ1) is 48.6. The fraction of sp³-hybridized carbons (Fsp3) is 0.800. The molecule has 51 heavy (non-hydrogen) atoms. The Hall–Kier alpha value is -2.37. The smallest absolute Gasteiger partial charge is 0.306 e. The van der Waals surface area contributed by atoms with Crippen LogP contribution in [-0.4, -0.2) is 37.2 Å². The second-order valence-electron chi connectivity index (χ2n) is 14.3. The van der Waals surface area contributed by atoms with Crippen LogP contribution in [0.3, 0.4) is 0 Å². The summed E-state index contributed by atoms with van der Waals surface area (Å²) in [6, 6.07) is 0. The molecule has 0 amide bonds. The molecule has 6 nitrogen and oxygen atoms in total. The Labute approximate surface area is 315 Å². The number of ether oxygens (including phenoxy) is 3. The Bertz CT molecular complexity index is 876. The molecule has 0 rings (SSSR count). The second kappa shape index (κ2) is 40.4. The summed E-state index contributed by atoms with van der Waals surface area (Å²) in [6.45, 7) is 6.45. The fourth-order valence-corrected chi connectivity index (χ4v) is 5.97. The van der Waals surface area contributed by atoms with Gasteiger partial charge in [0.05, 0.1) is 0 Å². The molecule has 296 valence electrons. The van der Waals surface area contributed by atoms with Gasteiger partial charge in [0.2, 0.25) is 0 Å². The minimum absolute atomic E-state index is 0.0762. The third-order valence-corrected chi connectivity index (χ3v) is 9.22. The van der Waals surface area contributed by atoms with Gasteiger partial charge in [-0.2, -0.15) is 0 Å². The zero-order valence-corrected chi connectivity index (χ0v) is 33.6. The quantitative estimate of drug-likeness (QED) is 0.0274. The van der Waals surface area contributed by atoms with Crippen LogP contribution in [0.5, 0.6) is 0 Å². The van der Waals surface area contributed by atoms with Crippen molar-refractivity contribution in [2.75, 3.05) is 13.2 Å². The van der Waals surface area contributed by atoms with E-state index in [9.17, 15) is 14.4 Å². The molecule has 0 aromatic rings. The van der Waals surface area contributed by atoms with Crippen LogP contribution in [0.1, 0.15) is 213 Å². The van der Waals surface area contributed by atoms with Crippen molar-refractivity contribution >= 4 is 17.9 Å². The molecule has 6 heteroatoms. The maximum absolute atomic E-state index is 12.7. The highest BCUT2D eigenvalue weighted by Crippen LogP contribution is 2.14. The maximum atomic E-state index is 12.7. The highest BCUT2D eigenvalue weighted by atomic mass is 16.6. The Balaban J connectivity index is 4.38. The van der Waals surface area contributed by atoms with Crippen LogP contribution < -0.4 is 0 Å². The number of hydrogen-bond acceptors (Lipinski definition) is 6. The van der Waals surface area contributed by atoms with Crippen LogP contribution in [-0.2, 0) is 28.6 Å². The van der Waals surface area contributed by atoms with Crippen molar-refractivity contribution in [1.82, 2.24) is 0 Å². The first-order valence-corrected chi connectivity index (χ1v) is 21.5. The lowest BCUT2D eigenvalue weighted by atomic mass is 10.1. The van der Waals surface area contributed by atoms with Gasteiger partial charge < -0.3 is 14.2 Å². The van der Waals surface area contributed by atoms with Crippen LogP contribution in [0.2, 0.25) is 0 Å². The van der Waals surface area contributed by atoms with Crippen LogP contribution in [0.25, 0.3) is 0 Å². The molecule has 1 unspecified atom stereocenters.